The minimum atomic E-state index is 0. The number of halogens is 1. The van der Waals surface area contributed by atoms with Gasteiger partial charge in [-0.2, -0.15) is 11.3 Å². The Labute approximate surface area is 151 Å². The summed E-state index contributed by atoms with van der Waals surface area (Å²) in [4.78, 5) is 4.64. The van der Waals surface area contributed by atoms with Gasteiger partial charge in [0, 0.05) is 13.1 Å². The quantitative estimate of drug-likeness (QED) is 0.432. The highest BCUT2D eigenvalue weighted by Crippen LogP contribution is 2.18. The van der Waals surface area contributed by atoms with Gasteiger partial charge in [-0.3, -0.25) is 0 Å². The predicted octanol–water partition coefficient (Wildman–Crippen LogP) is 2.20. The van der Waals surface area contributed by atoms with Crippen LogP contribution in [0.3, 0.4) is 0 Å². The van der Waals surface area contributed by atoms with Gasteiger partial charge < -0.3 is 15.2 Å². The molecule has 0 saturated heterocycles. The fraction of sp³-hybridized carbons (Fsp3) is 0.500. The first kappa shape index (κ1) is 17.2. The average Bonchev–Trinajstić information content (AvgIpc) is 3.03. The highest BCUT2D eigenvalue weighted by Gasteiger charge is 2.22. The summed E-state index contributed by atoms with van der Waals surface area (Å²) >= 11 is 1.70. The van der Waals surface area contributed by atoms with Crippen molar-refractivity contribution >= 4 is 41.3 Å². The molecule has 8 heteroatoms. The number of hydrogen-bond donors (Lipinski definition) is 2. The average molecular weight is 432 g/mol. The minimum Gasteiger partial charge on any atom is -0.354 e. The van der Waals surface area contributed by atoms with E-state index in [0.29, 0.717) is 19.1 Å². The van der Waals surface area contributed by atoms with Crippen molar-refractivity contribution in [1.82, 2.24) is 25.4 Å². The summed E-state index contributed by atoms with van der Waals surface area (Å²) in [5.74, 6) is 2.68. The van der Waals surface area contributed by atoms with Crippen molar-refractivity contribution in [2.45, 2.75) is 38.9 Å². The van der Waals surface area contributed by atoms with Gasteiger partial charge >= 0.3 is 0 Å². The van der Waals surface area contributed by atoms with E-state index in [1.54, 1.807) is 11.3 Å². The molecule has 0 atom stereocenters. The SMILES string of the molecule is Cc1nnc(CNC(=NCc2ccsc2)NC2CC2)n1C.I. The van der Waals surface area contributed by atoms with Gasteiger partial charge in [-0.05, 0) is 42.2 Å². The molecule has 0 unspecified atom stereocenters. The summed E-state index contributed by atoms with van der Waals surface area (Å²) in [5.41, 5.74) is 1.24. The van der Waals surface area contributed by atoms with Crippen LogP contribution < -0.4 is 10.6 Å². The van der Waals surface area contributed by atoms with Crippen molar-refractivity contribution in [3.05, 3.63) is 34.0 Å². The van der Waals surface area contributed by atoms with Crippen LogP contribution >= 0.6 is 35.3 Å². The third-order valence-electron chi connectivity index (χ3n) is 3.51. The van der Waals surface area contributed by atoms with E-state index in [0.717, 1.165) is 17.6 Å². The molecule has 120 valence electrons. The van der Waals surface area contributed by atoms with Gasteiger partial charge in [0.05, 0.1) is 13.1 Å². The monoisotopic (exact) mass is 432 g/mol. The largest absolute Gasteiger partial charge is 0.354 e. The molecule has 0 radical (unpaired) electrons. The second-order valence-corrected chi connectivity index (χ2v) is 6.07. The lowest BCUT2D eigenvalue weighted by molar-refractivity contribution is 0.713. The summed E-state index contributed by atoms with van der Waals surface area (Å²) in [5, 5.41) is 19.2. The lowest BCUT2D eigenvalue weighted by Gasteiger charge is -2.11. The lowest BCUT2D eigenvalue weighted by atomic mass is 10.3. The Bertz CT molecular complexity index is 617. The Morgan fingerprint density at radius 1 is 1.45 bits per heavy atom. The summed E-state index contributed by atoms with van der Waals surface area (Å²) in [6.45, 7) is 3.27. The predicted molar refractivity (Wildman–Crippen MR) is 99.6 cm³/mol. The van der Waals surface area contributed by atoms with Crippen LogP contribution in [0.25, 0.3) is 0 Å². The van der Waals surface area contributed by atoms with Crippen molar-refractivity contribution in [3.63, 3.8) is 0 Å². The van der Waals surface area contributed by atoms with E-state index in [2.05, 4.69) is 42.6 Å². The Kier molecular flexibility index (Phi) is 6.18. The summed E-state index contributed by atoms with van der Waals surface area (Å²) in [7, 11) is 1.98. The van der Waals surface area contributed by atoms with E-state index in [9.17, 15) is 0 Å². The first-order valence-electron chi connectivity index (χ1n) is 7.13. The van der Waals surface area contributed by atoms with E-state index in [4.69, 9.17) is 0 Å². The Morgan fingerprint density at radius 2 is 2.27 bits per heavy atom. The zero-order chi connectivity index (χ0) is 14.7. The lowest BCUT2D eigenvalue weighted by Crippen LogP contribution is -2.38. The number of nitrogens with zero attached hydrogens (tertiary/aromatic N) is 4. The first-order chi connectivity index (χ1) is 10.2. The summed E-state index contributed by atoms with van der Waals surface area (Å²) < 4.78 is 1.99. The third kappa shape index (κ3) is 4.67. The second-order valence-electron chi connectivity index (χ2n) is 5.29. The molecule has 22 heavy (non-hydrogen) atoms. The molecule has 0 aromatic carbocycles. The molecular formula is C14H21IN6S. The van der Waals surface area contributed by atoms with Gasteiger partial charge in [-0.25, -0.2) is 4.99 Å². The van der Waals surface area contributed by atoms with Crippen LogP contribution in [0.15, 0.2) is 21.8 Å². The van der Waals surface area contributed by atoms with Crippen molar-refractivity contribution in [2.24, 2.45) is 12.0 Å². The summed E-state index contributed by atoms with van der Waals surface area (Å²) in [6, 6.07) is 2.68. The molecular weight excluding hydrogens is 411 g/mol. The van der Waals surface area contributed by atoms with Crippen LogP contribution in [-0.4, -0.2) is 26.8 Å². The normalized spacial score (nSPS) is 14.5. The van der Waals surface area contributed by atoms with Crippen LogP contribution in [0.5, 0.6) is 0 Å². The van der Waals surface area contributed by atoms with Gasteiger partial charge in [0.25, 0.3) is 0 Å². The maximum atomic E-state index is 4.64. The maximum absolute atomic E-state index is 4.64. The molecule has 1 fully saturated rings. The second kappa shape index (κ2) is 7.91. The Hall–Kier alpha value is -1.16. The van der Waals surface area contributed by atoms with Crippen LogP contribution in [0.1, 0.15) is 30.1 Å². The topological polar surface area (TPSA) is 67.1 Å². The number of aromatic nitrogens is 3. The molecule has 0 amide bonds. The number of guanidine groups is 1. The zero-order valence-corrected chi connectivity index (χ0v) is 15.9. The van der Waals surface area contributed by atoms with Crippen molar-refractivity contribution in [2.75, 3.05) is 0 Å². The van der Waals surface area contributed by atoms with Crippen LogP contribution in [0, 0.1) is 6.92 Å². The molecule has 0 bridgehead atoms. The van der Waals surface area contributed by atoms with Crippen molar-refractivity contribution in [1.29, 1.82) is 0 Å². The number of nitrogens with one attached hydrogen (secondary N) is 2. The number of aryl methyl sites for hydroxylation is 1. The van der Waals surface area contributed by atoms with Gasteiger partial charge in [0.2, 0.25) is 0 Å². The van der Waals surface area contributed by atoms with E-state index in [1.807, 2.05) is 18.5 Å². The molecule has 1 saturated carbocycles. The molecule has 0 aliphatic heterocycles. The number of rotatable bonds is 5. The van der Waals surface area contributed by atoms with E-state index >= 15 is 0 Å². The van der Waals surface area contributed by atoms with Gasteiger partial charge in [0.15, 0.2) is 11.8 Å². The molecule has 2 aromatic rings. The van der Waals surface area contributed by atoms with Crippen molar-refractivity contribution in [3.8, 4) is 0 Å². The van der Waals surface area contributed by atoms with Gasteiger partial charge in [0.1, 0.15) is 5.82 Å². The molecule has 2 aromatic heterocycles. The summed E-state index contributed by atoms with van der Waals surface area (Å²) in [6.07, 6.45) is 2.45. The molecule has 1 aliphatic rings. The van der Waals surface area contributed by atoms with Gasteiger partial charge in [-0.1, -0.05) is 0 Å². The van der Waals surface area contributed by atoms with Crippen molar-refractivity contribution < 1.29 is 0 Å². The fourth-order valence-corrected chi connectivity index (χ4v) is 2.55. The Balaban J connectivity index is 0.00000176. The molecule has 2 N–H and O–H groups in total. The fourth-order valence-electron chi connectivity index (χ4n) is 1.89. The number of aliphatic imine (C=N–C) groups is 1. The molecule has 1 aliphatic carbocycles. The zero-order valence-electron chi connectivity index (χ0n) is 12.7. The molecule has 3 rings (SSSR count). The maximum Gasteiger partial charge on any atom is 0.192 e. The molecule has 2 heterocycles. The molecule has 0 spiro atoms. The smallest absolute Gasteiger partial charge is 0.192 e. The van der Waals surface area contributed by atoms with E-state index < -0.39 is 0 Å². The first-order valence-corrected chi connectivity index (χ1v) is 8.07. The van der Waals surface area contributed by atoms with Crippen LogP contribution in [0.2, 0.25) is 0 Å². The highest BCUT2D eigenvalue weighted by molar-refractivity contribution is 14.0. The Morgan fingerprint density at radius 3 is 2.86 bits per heavy atom. The number of hydrogen-bond acceptors (Lipinski definition) is 4. The van der Waals surface area contributed by atoms with Crippen LogP contribution in [-0.2, 0) is 20.1 Å². The third-order valence-corrected chi connectivity index (χ3v) is 4.25. The van der Waals surface area contributed by atoms with Gasteiger partial charge in [-0.15, -0.1) is 34.2 Å². The number of thiophene rings is 1. The standard InChI is InChI=1S/C14H20N6S.HI/c1-10-18-19-13(20(10)2)8-16-14(17-12-3-4-12)15-7-11-5-6-21-9-11;/h5-6,9,12H,3-4,7-8H2,1-2H3,(H2,15,16,17);1H. The highest BCUT2D eigenvalue weighted by atomic mass is 127. The van der Waals surface area contributed by atoms with Crippen LogP contribution in [0.4, 0.5) is 0 Å². The van der Waals surface area contributed by atoms with E-state index in [-0.39, 0.29) is 24.0 Å². The minimum absolute atomic E-state index is 0. The molecule has 6 nitrogen and oxygen atoms in total. The van der Waals surface area contributed by atoms with E-state index in [1.165, 1.54) is 18.4 Å².